The van der Waals surface area contributed by atoms with Crippen molar-refractivity contribution >= 4 is 0 Å². The second kappa shape index (κ2) is 5.02. The molecule has 1 unspecified atom stereocenters. The number of hydrogen-bond donors (Lipinski definition) is 2. The number of hydrogen-bond acceptors (Lipinski definition) is 4. The number of aromatic nitrogens is 1. The van der Waals surface area contributed by atoms with Crippen LogP contribution >= 0.6 is 0 Å². The summed E-state index contributed by atoms with van der Waals surface area (Å²) in [7, 11) is 1.58. The predicted octanol–water partition coefficient (Wildman–Crippen LogP) is 1.64. The molecular formula is C13H20N2O2. The molecule has 1 aromatic heterocycles. The quantitative estimate of drug-likeness (QED) is 0.834. The van der Waals surface area contributed by atoms with Gasteiger partial charge in [0.25, 0.3) is 0 Å². The summed E-state index contributed by atoms with van der Waals surface area (Å²) in [6.07, 6.45) is 5.45. The highest BCUT2D eigenvalue weighted by Gasteiger charge is 2.40. The summed E-state index contributed by atoms with van der Waals surface area (Å²) in [4.78, 5) is 4.13. The molecule has 3 N–H and O–H groups in total. The maximum Gasteiger partial charge on any atom is 0.212 e. The maximum atomic E-state index is 10.5. The average Bonchev–Trinajstić information content (AvgIpc) is 2.88. The van der Waals surface area contributed by atoms with Crippen LogP contribution in [0.2, 0.25) is 0 Å². The summed E-state index contributed by atoms with van der Waals surface area (Å²) in [5.74, 6) is 0.564. The average molecular weight is 236 g/mol. The van der Waals surface area contributed by atoms with Gasteiger partial charge in [-0.05, 0) is 24.5 Å². The SMILES string of the molecule is COc1ccc(C(O)C2(CN)CCCC2)cn1. The van der Waals surface area contributed by atoms with E-state index >= 15 is 0 Å². The lowest BCUT2D eigenvalue weighted by molar-refractivity contribution is 0.0330. The van der Waals surface area contributed by atoms with Crippen LogP contribution in [0, 0.1) is 5.41 Å². The van der Waals surface area contributed by atoms with Crippen molar-refractivity contribution < 1.29 is 9.84 Å². The molecule has 1 aliphatic carbocycles. The summed E-state index contributed by atoms with van der Waals surface area (Å²) in [6, 6.07) is 3.64. The van der Waals surface area contributed by atoms with Gasteiger partial charge in [0.2, 0.25) is 5.88 Å². The van der Waals surface area contributed by atoms with E-state index in [1.54, 1.807) is 19.4 Å². The standard InChI is InChI=1S/C13H20N2O2/c1-17-11-5-4-10(8-15-11)12(16)13(9-14)6-2-3-7-13/h4-5,8,12,16H,2-3,6-7,9,14H2,1H3. The number of rotatable bonds is 4. The number of ether oxygens (including phenoxy) is 1. The Bertz CT molecular complexity index is 358. The van der Waals surface area contributed by atoms with Crippen molar-refractivity contribution in [2.24, 2.45) is 11.1 Å². The van der Waals surface area contributed by atoms with Gasteiger partial charge in [0, 0.05) is 24.2 Å². The number of nitrogens with zero attached hydrogens (tertiary/aromatic N) is 1. The molecule has 0 aliphatic heterocycles. The fourth-order valence-corrected chi connectivity index (χ4v) is 2.70. The fourth-order valence-electron chi connectivity index (χ4n) is 2.70. The molecule has 0 radical (unpaired) electrons. The molecule has 94 valence electrons. The second-order valence-corrected chi connectivity index (χ2v) is 4.81. The molecule has 1 saturated carbocycles. The number of pyridine rings is 1. The van der Waals surface area contributed by atoms with Gasteiger partial charge in [-0.15, -0.1) is 0 Å². The Morgan fingerprint density at radius 2 is 2.18 bits per heavy atom. The van der Waals surface area contributed by atoms with Crippen molar-refractivity contribution in [2.45, 2.75) is 31.8 Å². The van der Waals surface area contributed by atoms with E-state index in [1.165, 1.54) is 0 Å². The van der Waals surface area contributed by atoms with Crippen molar-refractivity contribution in [2.75, 3.05) is 13.7 Å². The molecule has 0 spiro atoms. The molecule has 1 heterocycles. The molecule has 0 bridgehead atoms. The topological polar surface area (TPSA) is 68.4 Å². The predicted molar refractivity (Wildman–Crippen MR) is 65.7 cm³/mol. The van der Waals surface area contributed by atoms with Crippen LogP contribution in [-0.4, -0.2) is 23.7 Å². The first-order chi connectivity index (χ1) is 8.22. The lowest BCUT2D eigenvalue weighted by atomic mass is 9.78. The molecule has 1 aromatic rings. The second-order valence-electron chi connectivity index (χ2n) is 4.81. The number of methoxy groups -OCH3 is 1. The van der Waals surface area contributed by atoms with Gasteiger partial charge in [0.15, 0.2) is 0 Å². The molecule has 0 aromatic carbocycles. The molecule has 0 amide bonds. The highest BCUT2D eigenvalue weighted by molar-refractivity contribution is 5.22. The summed E-state index contributed by atoms with van der Waals surface area (Å²) in [5.41, 5.74) is 6.53. The Kier molecular flexibility index (Phi) is 3.64. The van der Waals surface area contributed by atoms with E-state index in [1.807, 2.05) is 6.07 Å². The number of aliphatic hydroxyl groups excluding tert-OH is 1. The smallest absolute Gasteiger partial charge is 0.212 e. The van der Waals surface area contributed by atoms with Crippen molar-refractivity contribution in [3.05, 3.63) is 23.9 Å². The van der Waals surface area contributed by atoms with Gasteiger partial charge in [-0.3, -0.25) is 0 Å². The van der Waals surface area contributed by atoms with Gasteiger partial charge in [-0.2, -0.15) is 0 Å². The van der Waals surface area contributed by atoms with Crippen LogP contribution in [0.3, 0.4) is 0 Å². The zero-order valence-electron chi connectivity index (χ0n) is 10.2. The Hall–Kier alpha value is -1.13. The first-order valence-corrected chi connectivity index (χ1v) is 6.10. The van der Waals surface area contributed by atoms with Gasteiger partial charge in [-0.1, -0.05) is 12.8 Å². The van der Waals surface area contributed by atoms with Crippen molar-refractivity contribution in [3.8, 4) is 5.88 Å². The molecule has 1 fully saturated rings. The molecule has 4 heteroatoms. The van der Waals surface area contributed by atoms with Gasteiger partial charge in [0.1, 0.15) is 0 Å². The van der Waals surface area contributed by atoms with Crippen LogP contribution < -0.4 is 10.5 Å². The van der Waals surface area contributed by atoms with Crippen LogP contribution in [0.25, 0.3) is 0 Å². The Labute approximate surface area is 102 Å². The van der Waals surface area contributed by atoms with Crippen LogP contribution in [0.5, 0.6) is 5.88 Å². The highest BCUT2D eigenvalue weighted by atomic mass is 16.5. The van der Waals surface area contributed by atoms with Gasteiger partial charge < -0.3 is 15.6 Å². The largest absolute Gasteiger partial charge is 0.481 e. The number of aliphatic hydroxyl groups is 1. The minimum atomic E-state index is -0.520. The van der Waals surface area contributed by atoms with Crippen molar-refractivity contribution in [1.82, 2.24) is 4.98 Å². The summed E-state index contributed by atoms with van der Waals surface area (Å²) in [6.45, 7) is 0.528. The molecular weight excluding hydrogens is 216 g/mol. The minimum Gasteiger partial charge on any atom is -0.481 e. The van der Waals surface area contributed by atoms with E-state index in [9.17, 15) is 5.11 Å². The maximum absolute atomic E-state index is 10.5. The van der Waals surface area contributed by atoms with E-state index in [4.69, 9.17) is 10.5 Å². The monoisotopic (exact) mass is 236 g/mol. The van der Waals surface area contributed by atoms with Crippen LogP contribution in [0.4, 0.5) is 0 Å². The summed E-state index contributed by atoms with van der Waals surface area (Å²) in [5, 5.41) is 10.5. The Morgan fingerprint density at radius 3 is 2.65 bits per heavy atom. The van der Waals surface area contributed by atoms with Crippen LogP contribution in [-0.2, 0) is 0 Å². The van der Waals surface area contributed by atoms with E-state index in [2.05, 4.69) is 4.98 Å². The molecule has 17 heavy (non-hydrogen) atoms. The number of nitrogens with two attached hydrogens (primary N) is 1. The molecule has 4 nitrogen and oxygen atoms in total. The van der Waals surface area contributed by atoms with Gasteiger partial charge >= 0.3 is 0 Å². The van der Waals surface area contributed by atoms with E-state index in [-0.39, 0.29) is 5.41 Å². The first-order valence-electron chi connectivity index (χ1n) is 6.10. The minimum absolute atomic E-state index is 0.156. The lowest BCUT2D eigenvalue weighted by Gasteiger charge is -2.33. The van der Waals surface area contributed by atoms with Crippen LogP contribution in [0.15, 0.2) is 18.3 Å². The third-order valence-electron chi connectivity index (χ3n) is 3.87. The Balaban J connectivity index is 2.19. The molecule has 1 atom stereocenters. The van der Waals surface area contributed by atoms with E-state index < -0.39 is 6.10 Å². The van der Waals surface area contributed by atoms with Gasteiger partial charge in [-0.25, -0.2) is 4.98 Å². The van der Waals surface area contributed by atoms with Crippen LogP contribution in [0.1, 0.15) is 37.4 Å². The fraction of sp³-hybridized carbons (Fsp3) is 0.615. The third kappa shape index (κ3) is 2.28. The van der Waals surface area contributed by atoms with Crippen molar-refractivity contribution in [3.63, 3.8) is 0 Å². The molecule has 0 saturated heterocycles. The first kappa shape index (κ1) is 12.3. The zero-order valence-corrected chi connectivity index (χ0v) is 10.2. The molecule has 1 aliphatic rings. The zero-order chi connectivity index (χ0) is 12.3. The van der Waals surface area contributed by atoms with E-state index in [0.717, 1.165) is 31.2 Å². The highest BCUT2D eigenvalue weighted by Crippen LogP contribution is 2.46. The third-order valence-corrected chi connectivity index (χ3v) is 3.87. The van der Waals surface area contributed by atoms with Gasteiger partial charge in [0.05, 0.1) is 13.2 Å². The lowest BCUT2D eigenvalue weighted by Crippen LogP contribution is -2.34. The van der Waals surface area contributed by atoms with Crippen molar-refractivity contribution in [1.29, 1.82) is 0 Å². The summed E-state index contributed by atoms with van der Waals surface area (Å²) >= 11 is 0. The summed E-state index contributed by atoms with van der Waals surface area (Å²) < 4.78 is 5.01. The normalized spacial score (nSPS) is 20.2. The Morgan fingerprint density at radius 1 is 1.47 bits per heavy atom. The van der Waals surface area contributed by atoms with E-state index in [0.29, 0.717) is 12.4 Å². The molecule has 2 rings (SSSR count).